The summed E-state index contributed by atoms with van der Waals surface area (Å²) in [6.45, 7) is 3.07. The number of piperazine rings is 1. The number of aryl methyl sites for hydroxylation is 1. The molecule has 29 heavy (non-hydrogen) atoms. The summed E-state index contributed by atoms with van der Waals surface area (Å²) in [5, 5.41) is 0. The van der Waals surface area contributed by atoms with E-state index in [0.29, 0.717) is 31.7 Å². The van der Waals surface area contributed by atoms with Crippen LogP contribution in [0.5, 0.6) is 0 Å². The molecule has 2 fully saturated rings. The first-order valence-electron chi connectivity index (χ1n) is 9.55. The fourth-order valence-corrected chi connectivity index (χ4v) is 5.68. The maximum absolute atomic E-state index is 13.7. The molecule has 0 radical (unpaired) electrons. The minimum Gasteiger partial charge on any atom is -0.309 e. The summed E-state index contributed by atoms with van der Waals surface area (Å²) in [5.41, 5.74) is 0.998. The van der Waals surface area contributed by atoms with Crippen LogP contribution in [0.15, 0.2) is 53.4 Å². The van der Waals surface area contributed by atoms with Gasteiger partial charge in [0.1, 0.15) is 5.82 Å². The molecule has 4 rings (SSSR count). The van der Waals surface area contributed by atoms with E-state index in [1.807, 2.05) is 18.9 Å². The van der Waals surface area contributed by atoms with Crippen LogP contribution in [0.1, 0.15) is 12.0 Å². The van der Waals surface area contributed by atoms with E-state index in [1.165, 1.54) is 16.4 Å². The molecular formula is C21H24FN3O3S. The second kappa shape index (κ2) is 7.19. The summed E-state index contributed by atoms with van der Waals surface area (Å²) >= 11 is 0. The molecule has 1 atom stereocenters. The topological polar surface area (TPSA) is 60.9 Å². The first kappa shape index (κ1) is 20.0. The highest BCUT2D eigenvalue weighted by atomic mass is 32.2. The Labute approximate surface area is 170 Å². The minimum absolute atomic E-state index is 0.122. The van der Waals surface area contributed by atoms with Crippen LogP contribution < -0.4 is 4.90 Å². The predicted octanol–water partition coefficient (Wildman–Crippen LogP) is 2.25. The fourth-order valence-electron chi connectivity index (χ4n) is 4.16. The maximum Gasteiger partial charge on any atom is 0.243 e. The van der Waals surface area contributed by atoms with Gasteiger partial charge in [-0.2, -0.15) is 4.31 Å². The van der Waals surface area contributed by atoms with Gasteiger partial charge in [-0.3, -0.25) is 9.69 Å². The zero-order valence-electron chi connectivity index (χ0n) is 16.5. The van der Waals surface area contributed by atoms with Crippen LogP contribution in [0.2, 0.25) is 0 Å². The van der Waals surface area contributed by atoms with Crippen LogP contribution in [0.3, 0.4) is 0 Å². The molecule has 2 aliphatic heterocycles. The van der Waals surface area contributed by atoms with Crippen molar-refractivity contribution < 1.29 is 17.6 Å². The molecular weight excluding hydrogens is 393 g/mol. The molecule has 154 valence electrons. The van der Waals surface area contributed by atoms with Gasteiger partial charge in [-0.1, -0.05) is 23.8 Å². The Morgan fingerprint density at radius 3 is 2.48 bits per heavy atom. The highest BCUT2D eigenvalue weighted by Gasteiger charge is 2.50. The monoisotopic (exact) mass is 417 g/mol. The number of hydrogen-bond donors (Lipinski definition) is 0. The SMILES string of the molecule is Cc1ccc(S(=O)(=O)N2CCC3(CN(c4cccc(F)c4)C(=O)CN3C)C2)cc1. The van der Waals surface area contributed by atoms with Crippen LogP contribution >= 0.6 is 0 Å². The number of anilines is 1. The Morgan fingerprint density at radius 1 is 1.07 bits per heavy atom. The summed E-state index contributed by atoms with van der Waals surface area (Å²) in [7, 11) is -1.76. The zero-order chi connectivity index (χ0) is 20.8. The van der Waals surface area contributed by atoms with Gasteiger partial charge < -0.3 is 4.90 Å². The predicted molar refractivity (Wildman–Crippen MR) is 109 cm³/mol. The second-order valence-electron chi connectivity index (χ2n) is 7.94. The molecule has 2 heterocycles. The molecule has 8 heteroatoms. The van der Waals surface area contributed by atoms with Gasteiger partial charge in [0.05, 0.1) is 17.0 Å². The molecule has 2 saturated heterocycles. The number of likely N-dealkylation sites (N-methyl/N-ethyl adjacent to an activating group) is 1. The number of rotatable bonds is 3. The molecule has 0 bridgehead atoms. The Hall–Kier alpha value is -2.29. The maximum atomic E-state index is 13.7. The number of hydrogen-bond acceptors (Lipinski definition) is 4. The van der Waals surface area contributed by atoms with Crippen molar-refractivity contribution in [2.45, 2.75) is 23.8 Å². The summed E-state index contributed by atoms with van der Waals surface area (Å²) in [6.07, 6.45) is 0.605. The lowest BCUT2D eigenvalue weighted by molar-refractivity contribution is -0.123. The highest BCUT2D eigenvalue weighted by Crippen LogP contribution is 2.35. The second-order valence-corrected chi connectivity index (χ2v) is 9.88. The number of sulfonamides is 1. The van der Waals surface area contributed by atoms with Gasteiger partial charge in [0.15, 0.2) is 0 Å². The molecule has 2 aromatic carbocycles. The molecule has 2 aliphatic rings. The van der Waals surface area contributed by atoms with Gasteiger partial charge in [-0.15, -0.1) is 0 Å². The van der Waals surface area contributed by atoms with E-state index in [4.69, 9.17) is 0 Å². The molecule has 1 amide bonds. The van der Waals surface area contributed by atoms with Gasteiger partial charge in [0.25, 0.3) is 0 Å². The Bertz CT molecular complexity index is 1040. The van der Waals surface area contributed by atoms with E-state index in [0.717, 1.165) is 5.56 Å². The van der Waals surface area contributed by atoms with Crippen molar-refractivity contribution in [3.05, 3.63) is 59.9 Å². The van der Waals surface area contributed by atoms with Crippen LogP contribution in [-0.2, 0) is 14.8 Å². The van der Waals surface area contributed by atoms with Crippen molar-refractivity contribution in [1.29, 1.82) is 0 Å². The number of benzene rings is 2. The quantitative estimate of drug-likeness (QED) is 0.769. The smallest absolute Gasteiger partial charge is 0.243 e. The minimum atomic E-state index is -3.61. The third-order valence-electron chi connectivity index (χ3n) is 6.01. The summed E-state index contributed by atoms with van der Waals surface area (Å²) in [6, 6.07) is 12.8. The van der Waals surface area contributed by atoms with Crippen LogP contribution in [-0.4, -0.2) is 62.3 Å². The van der Waals surface area contributed by atoms with E-state index in [1.54, 1.807) is 41.3 Å². The number of amides is 1. The summed E-state index contributed by atoms with van der Waals surface area (Å²) in [5.74, 6) is -0.526. The third-order valence-corrected chi connectivity index (χ3v) is 7.87. The molecule has 0 saturated carbocycles. The van der Waals surface area contributed by atoms with Crippen LogP contribution in [0, 0.1) is 12.7 Å². The lowest BCUT2D eigenvalue weighted by Gasteiger charge is -2.46. The van der Waals surface area contributed by atoms with E-state index >= 15 is 0 Å². The molecule has 1 spiro atoms. The van der Waals surface area contributed by atoms with Gasteiger partial charge in [0, 0.05) is 25.3 Å². The number of halogens is 1. The molecule has 0 aromatic heterocycles. The first-order valence-corrected chi connectivity index (χ1v) is 11.0. The molecule has 1 unspecified atom stereocenters. The number of carbonyl (C=O) groups excluding carboxylic acids is 1. The van der Waals surface area contributed by atoms with Gasteiger partial charge in [-0.05, 0) is 50.7 Å². The van der Waals surface area contributed by atoms with Crippen molar-refractivity contribution in [2.24, 2.45) is 0 Å². The van der Waals surface area contributed by atoms with Gasteiger partial charge in [-0.25, -0.2) is 12.8 Å². The average Bonchev–Trinajstić information content (AvgIpc) is 3.11. The van der Waals surface area contributed by atoms with Gasteiger partial charge >= 0.3 is 0 Å². The van der Waals surface area contributed by atoms with E-state index in [9.17, 15) is 17.6 Å². The summed E-state index contributed by atoms with van der Waals surface area (Å²) < 4.78 is 41.4. The highest BCUT2D eigenvalue weighted by molar-refractivity contribution is 7.89. The lowest BCUT2D eigenvalue weighted by Crippen LogP contribution is -2.64. The third kappa shape index (κ3) is 3.56. The Morgan fingerprint density at radius 2 is 1.79 bits per heavy atom. The van der Waals surface area contributed by atoms with Crippen LogP contribution in [0.4, 0.5) is 10.1 Å². The fraction of sp³-hybridized carbons (Fsp3) is 0.381. The number of carbonyl (C=O) groups is 1. The normalized spacial score (nSPS) is 23.8. The van der Waals surface area contributed by atoms with Gasteiger partial charge in [0.2, 0.25) is 15.9 Å². The molecule has 2 aromatic rings. The standard InChI is InChI=1S/C21H24FN3O3S/c1-16-6-8-19(9-7-16)29(27,28)24-11-10-21(14-24)15-25(20(26)13-23(21)2)18-5-3-4-17(22)12-18/h3-9,12H,10-11,13-15H2,1-2H3. The average molecular weight is 418 g/mol. The van der Waals surface area contributed by atoms with Crippen molar-refractivity contribution in [3.63, 3.8) is 0 Å². The van der Waals surface area contributed by atoms with E-state index in [2.05, 4.69) is 0 Å². The first-order chi connectivity index (χ1) is 13.7. The Kier molecular flexibility index (Phi) is 4.96. The largest absolute Gasteiger partial charge is 0.309 e. The molecule has 6 nitrogen and oxygen atoms in total. The van der Waals surface area contributed by atoms with Crippen molar-refractivity contribution in [3.8, 4) is 0 Å². The molecule has 0 N–H and O–H groups in total. The van der Waals surface area contributed by atoms with E-state index in [-0.39, 0.29) is 17.3 Å². The van der Waals surface area contributed by atoms with Crippen LogP contribution in [0.25, 0.3) is 0 Å². The van der Waals surface area contributed by atoms with Crippen molar-refractivity contribution in [2.75, 3.05) is 38.1 Å². The summed E-state index contributed by atoms with van der Waals surface area (Å²) in [4.78, 5) is 16.4. The van der Waals surface area contributed by atoms with Crippen molar-refractivity contribution in [1.82, 2.24) is 9.21 Å². The number of nitrogens with zero attached hydrogens (tertiary/aromatic N) is 3. The zero-order valence-corrected chi connectivity index (χ0v) is 17.3. The van der Waals surface area contributed by atoms with E-state index < -0.39 is 21.4 Å². The van der Waals surface area contributed by atoms with Crippen molar-refractivity contribution >= 4 is 21.6 Å². The molecule has 0 aliphatic carbocycles. The Balaban J connectivity index is 1.61. The lowest BCUT2D eigenvalue weighted by atomic mass is 9.92.